The Labute approximate surface area is 107 Å². The number of rotatable bonds is 6. The number of ether oxygens (including phenoxy) is 1. The van der Waals surface area contributed by atoms with Crippen LogP contribution in [0.1, 0.15) is 18.7 Å². The molecular weight excluding hydrogens is 234 g/mol. The summed E-state index contributed by atoms with van der Waals surface area (Å²) in [6.07, 6.45) is 4.15. The van der Waals surface area contributed by atoms with E-state index in [1.165, 1.54) is 0 Å². The quantitative estimate of drug-likeness (QED) is 0.846. The highest BCUT2D eigenvalue weighted by molar-refractivity contribution is 7.16. The highest BCUT2D eigenvalue weighted by atomic mass is 32.1. The van der Waals surface area contributed by atoms with Crippen LogP contribution in [0.3, 0.4) is 0 Å². The molecular formula is C12H21N3OS. The lowest BCUT2D eigenvalue weighted by Crippen LogP contribution is -2.22. The van der Waals surface area contributed by atoms with Crippen LogP contribution in [0.4, 0.5) is 5.13 Å². The number of nitrogens with zero attached hydrogens (tertiary/aromatic N) is 2. The monoisotopic (exact) mass is 255 g/mol. The van der Waals surface area contributed by atoms with E-state index in [4.69, 9.17) is 4.74 Å². The molecule has 0 amide bonds. The molecule has 5 heteroatoms. The van der Waals surface area contributed by atoms with Gasteiger partial charge in [-0.05, 0) is 6.08 Å². The fourth-order valence-corrected chi connectivity index (χ4v) is 2.11. The molecule has 0 aliphatic rings. The molecule has 0 saturated carbocycles. The van der Waals surface area contributed by atoms with Gasteiger partial charge in [0.15, 0.2) is 5.13 Å². The van der Waals surface area contributed by atoms with Crippen molar-refractivity contribution in [3.8, 4) is 5.88 Å². The van der Waals surface area contributed by atoms with E-state index < -0.39 is 0 Å². The molecule has 0 saturated heterocycles. The van der Waals surface area contributed by atoms with Gasteiger partial charge in [0.1, 0.15) is 0 Å². The molecule has 1 heterocycles. The van der Waals surface area contributed by atoms with Crippen molar-refractivity contribution >= 4 is 22.5 Å². The number of anilines is 1. The average molecular weight is 255 g/mol. The van der Waals surface area contributed by atoms with Gasteiger partial charge in [-0.1, -0.05) is 31.3 Å². The van der Waals surface area contributed by atoms with Crippen molar-refractivity contribution in [2.75, 3.05) is 32.6 Å². The van der Waals surface area contributed by atoms with Crippen LogP contribution in [0.2, 0.25) is 0 Å². The lowest BCUT2D eigenvalue weighted by molar-refractivity contribution is 0.400. The van der Waals surface area contributed by atoms with Gasteiger partial charge in [0, 0.05) is 26.7 Å². The van der Waals surface area contributed by atoms with E-state index in [-0.39, 0.29) is 0 Å². The Morgan fingerprint density at radius 3 is 2.71 bits per heavy atom. The van der Waals surface area contributed by atoms with Gasteiger partial charge in [-0.15, -0.1) is 0 Å². The summed E-state index contributed by atoms with van der Waals surface area (Å²) in [4.78, 5) is 7.43. The van der Waals surface area contributed by atoms with Gasteiger partial charge >= 0.3 is 0 Å². The Morgan fingerprint density at radius 1 is 1.47 bits per heavy atom. The minimum absolute atomic E-state index is 0.500. The van der Waals surface area contributed by atoms with Crippen molar-refractivity contribution in [2.24, 2.45) is 0 Å². The maximum atomic E-state index is 5.26. The molecule has 1 aromatic rings. The molecule has 0 spiro atoms. The van der Waals surface area contributed by atoms with Crippen LogP contribution in [-0.2, 0) is 0 Å². The third-order valence-corrected chi connectivity index (χ3v) is 3.27. The minimum atomic E-state index is 0.500. The van der Waals surface area contributed by atoms with E-state index in [2.05, 4.69) is 36.3 Å². The number of nitrogens with one attached hydrogen (secondary N) is 1. The maximum Gasteiger partial charge on any atom is 0.233 e. The van der Waals surface area contributed by atoms with Crippen LogP contribution in [0.5, 0.6) is 5.88 Å². The van der Waals surface area contributed by atoms with Gasteiger partial charge in [0.25, 0.3) is 0 Å². The third kappa shape index (κ3) is 4.36. The van der Waals surface area contributed by atoms with Crippen molar-refractivity contribution in [3.63, 3.8) is 0 Å². The standard InChI is InChI=1S/C12H21N3OS/c1-9(2)13-8-6-7-10-11(16-5)14-12(17-10)15(3)4/h6-7,9,13H,8H2,1-5H3. The van der Waals surface area contributed by atoms with Gasteiger partial charge in [-0.25, -0.2) is 0 Å². The van der Waals surface area contributed by atoms with Gasteiger partial charge in [-0.3, -0.25) is 0 Å². The first kappa shape index (κ1) is 14.0. The smallest absolute Gasteiger partial charge is 0.233 e. The fraction of sp³-hybridized carbons (Fsp3) is 0.583. The van der Waals surface area contributed by atoms with Crippen molar-refractivity contribution in [3.05, 3.63) is 11.0 Å². The maximum absolute atomic E-state index is 5.26. The Balaban J connectivity index is 2.69. The van der Waals surface area contributed by atoms with Crippen LogP contribution in [0, 0.1) is 0 Å². The van der Waals surface area contributed by atoms with Crippen LogP contribution in [0.15, 0.2) is 6.08 Å². The van der Waals surface area contributed by atoms with Gasteiger partial charge < -0.3 is 15.0 Å². The van der Waals surface area contributed by atoms with Crippen LogP contribution >= 0.6 is 11.3 Å². The molecule has 0 radical (unpaired) electrons. The summed E-state index contributed by atoms with van der Waals surface area (Å²) in [6.45, 7) is 5.12. The topological polar surface area (TPSA) is 37.4 Å². The molecule has 0 fully saturated rings. The molecule has 1 N–H and O–H groups in total. The number of hydrogen-bond acceptors (Lipinski definition) is 5. The van der Waals surface area contributed by atoms with E-state index in [0.29, 0.717) is 11.9 Å². The second-order valence-corrected chi connectivity index (χ2v) is 5.24. The SMILES string of the molecule is COc1nc(N(C)C)sc1C=CCNC(C)C. The van der Waals surface area contributed by atoms with E-state index in [1.807, 2.05) is 19.0 Å². The normalized spacial score (nSPS) is 11.4. The fourth-order valence-electron chi connectivity index (χ4n) is 1.22. The molecule has 96 valence electrons. The molecule has 0 bridgehead atoms. The lowest BCUT2D eigenvalue weighted by atomic mass is 10.3. The second kappa shape index (κ2) is 6.61. The van der Waals surface area contributed by atoms with Crippen molar-refractivity contribution in [1.82, 2.24) is 10.3 Å². The van der Waals surface area contributed by atoms with Gasteiger partial charge in [0.05, 0.1) is 12.0 Å². The Hall–Kier alpha value is -1.07. The van der Waals surface area contributed by atoms with E-state index >= 15 is 0 Å². The Bertz CT molecular complexity index is 372. The number of thiazole rings is 1. The number of methoxy groups -OCH3 is 1. The highest BCUT2D eigenvalue weighted by Crippen LogP contribution is 2.31. The van der Waals surface area contributed by atoms with E-state index in [0.717, 1.165) is 16.6 Å². The first-order chi connectivity index (χ1) is 8.04. The van der Waals surface area contributed by atoms with Crippen LogP contribution in [0.25, 0.3) is 6.08 Å². The highest BCUT2D eigenvalue weighted by Gasteiger charge is 2.10. The zero-order valence-electron chi connectivity index (χ0n) is 11.2. The van der Waals surface area contributed by atoms with Crippen molar-refractivity contribution < 1.29 is 4.74 Å². The zero-order valence-corrected chi connectivity index (χ0v) is 12.0. The average Bonchev–Trinajstić information content (AvgIpc) is 2.67. The first-order valence-corrected chi connectivity index (χ1v) is 6.48. The lowest BCUT2D eigenvalue weighted by Gasteiger charge is -2.04. The summed E-state index contributed by atoms with van der Waals surface area (Å²) in [6, 6.07) is 0.500. The molecule has 1 aromatic heterocycles. The predicted octanol–water partition coefficient (Wildman–Crippen LogP) is 2.23. The summed E-state index contributed by atoms with van der Waals surface area (Å²) < 4.78 is 5.26. The van der Waals surface area contributed by atoms with Gasteiger partial charge in [0.2, 0.25) is 5.88 Å². The summed E-state index contributed by atoms with van der Waals surface area (Å²) >= 11 is 1.63. The zero-order chi connectivity index (χ0) is 12.8. The van der Waals surface area contributed by atoms with Crippen LogP contribution in [-0.4, -0.2) is 38.8 Å². The molecule has 4 nitrogen and oxygen atoms in total. The van der Waals surface area contributed by atoms with Crippen LogP contribution < -0.4 is 15.0 Å². The van der Waals surface area contributed by atoms with Crippen molar-refractivity contribution in [2.45, 2.75) is 19.9 Å². The van der Waals surface area contributed by atoms with E-state index in [1.54, 1.807) is 18.4 Å². The van der Waals surface area contributed by atoms with Crippen molar-refractivity contribution in [1.29, 1.82) is 0 Å². The predicted molar refractivity (Wildman–Crippen MR) is 75.2 cm³/mol. The van der Waals surface area contributed by atoms with E-state index in [9.17, 15) is 0 Å². The van der Waals surface area contributed by atoms with Gasteiger partial charge in [-0.2, -0.15) is 4.98 Å². The largest absolute Gasteiger partial charge is 0.480 e. The molecule has 1 rings (SSSR count). The third-order valence-electron chi connectivity index (χ3n) is 2.10. The first-order valence-electron chi connectivity index (χ1n) is 5.66. The molecule has 0 atom stereocenters. The molecule has 0 aromatic carbocycles. The molecule has 0 aliphatic carbocycles. The summed E-state index contributed by atoms with van der Waals surface area (Å²) in [5.41, 5.74) is 0. The number of hydrogen-bond donors (Lipinski definition) is 1. The number of aromatic nitrogens is 1. The minimum Gasteiger partial charge on any atom is -0.480 e. The summed E-state index contributed by atoms with van der Waals surface area (Å²) in [7, 11) is 5.61. The molecule has 0 unspecified atom stereocenters. The molecule has 17 heavy (non-hydrogen) atoms. The summed E-state index contributed by atoms with van der Waals surface area (Å²) in [5.74, 6) is 0.694. The molecule has 0 aliphatic heterocycles. The Morgan fingerprint density at radius 2 is 2.18 bits per heavy atom. The summed E-state index contributed by atoms with van der Waals surface area (Å²) in [5, 5.41) is 4.29. The Kier molecular flexibility index (Phi) is 5.44. The second-order valence-electron chi connectivity index (χ2n) is 4.23.